The third-order valence-electron chi connectivity index (χ3n) is 3.05. The lowest BCUT2D eigenvalue weighted by Gasteiger charge is -2.17. The Bertz CT molecular complexity index is 656. The number of hydrogen-bond acceptors (Lipinski definition) is 1. The number of nitrogens with zero attached hydrogens (tertiary/aromatic N) is 3. The van der Waals surface area contributed by atoms with Crippen LogP contribution in [0.5, 0.6) is 0 Å². The molecule has 2 aromatic rings. The molecular formula is C14H14N3OP. The van der Waals surface area contributed by atoms with Crippen molar-refractivity contribution in [2.24, 2.45) is 4.88 Å². The first kappa shape index (κ1) is 13.4. The summed E-state index contributed by atoms with van der Waals surface area (Å²) >= 11 is 0. The van der Waals surface area contributed by atoms with E-state index in [1.807, 2.05) is 38.1 Å². The van der Waals surface area contributed by atoms with E-state index in [0.717, 1.165) is 11.1 Å². The van der Waals surface area contributed by atoms with Crippen molar-refractivity contribution < 1.29 is 4.57 Å². The lowest BCUT2D eigenvalue weighted by atomic mass is 10.2. The van der Waals surface area contributed by atoms with Gasteiger partial charge in [-0.3, -0.25) is 0 Å². The molecule has 0 aliphatic heterocycles. The number of hydrogen-bond donors (Lipinski definition) is 0. The molecular weight excluding hydrogens is 257 g/mol. The molecule has 5 heteroatoms. The summed E-state index contributed by atoms with van der Waals surface area (Å²) in [5, 5.41) is 1.20. The van der Waals surface area contributed by atoms with Gasteiger partial charge in [-0.2, -0.15) is 0 Å². The normalized spacial score (nSPS) is 10.8. The highest BCUT2D eigenvalue weighted by Gasteiger charge is 2.28. The van der Waals surface area contributed by atoms with Gasteiger partial charge in [-0.25, -0.2) is 0 Å². The first-order valence-electron chi connectivity index (χ1n) is 5.88. The zero-order valence-corrected chi connectivity index (χ0v) is 11.7. The Morgan fingerprint density at radius 1 is 0.947 bits per heavy atom. The highest BCUT2D eigenvalue weighted by atomic mass is 31.2. The van der Waals surface area contributed by atoms with Crippen LogP contribution in [-0.4, -0.2) is 0 Å². The van der Waals surface area contributed by atoms with Crippen molar-refractivity contribution in [1.82, 2.24) is 0 Å². The van der Waals surface area contributed by atoms with Crippen molar-refractivity contribution in [2.75, 3.05) is 0 Å². The van der Waals surface area contributed by atoms with Crippen LogP contribution >= 0.6 is 7.29 Å². The Morgan fingerprint density at radius 3 is 1.74 bits per heavy atom. The van der Waals surface area contributed by atoms with Gasteiger partial charge in [0, 0.05) is 15.5 Å². The summed E-state index contributed by atoms with van der Waals surface area (Å²) in [7, 11) is -3.29. The molecule has 19 heavy (non-hydrogen) atoms. The van der Waals surface area contributed by atoms with E-state index < -0.39 is 7.29 Å². The maximum Gasteiger partial charge on any atom is 0.229 e. The van der Waals surface area contributed by atoms with E-state index in [9.17, 15) is 4.57 Å². The number of rotatable bonds is 3. The molecule has 0 heterocycles. The first-order valence-corrected chi connectivity index (χ1v) is 7.54. The van der Waals surface area contributed by atoms with Gasteiger partial charge in [-0.15, -0.1) is 0 Å². The third-order valence-corrected chi connectivity index (χ3v) is 5.69. The van der Waals surface area contributed by atoms with Gasteiger partial charge in [0.05, 0.1) is 0 Å². The van der Waals surface area contributed by atoms with Gasteiger partial charge >= 0.3 is 0 Å². The van der Waals surface area contributed by atoms with Gasteiger partial charge in [0.15, 0.2) is 0 Å². The fourth-order valence-corrected chi connectivity index (χ4v) is 4.34. The van der Waals surface area contributed by atoms with E-state index in [-0.39, 0.29) is 0 Å². The maximum absolute atomic E-state index is 13.2. The topological polar surface area (TPSA) is 65.8 Å². The summed E-state index contributed by atoms with van der Waals surface area (Å²) in [4.78, 5) is 6.46. The standard InChI is InChI=1S/C14H14N3OP/c1-11-7-3-5-9-13(11)19(18,17-16-15)14-10-6-4-8-12(14)2/h3-10H,1-2H3. The van der Waals surface area contributed by atoms with Gasteiger partial charge in [0.1, 0.15) is 0 Å². The smallest absolute Gasteiger partial charge is 0.229 e. The summed E-state index contributed by atoms with van der Waals surface area (Å²) in [5.74, 6) is 0. The van der Waals surface area contributed by atoms with Crippen LogP contribution in [0.2, 0.25) is 0 Å². The van der Waals surface area contributed by atoms with E-state index in [1.54, 1.807) is 24.3 Å². The van der Waals surface area contributed by atoms with Crippen molar-refractivity contribution in [3.8, 4) is 0 Å². The molecule has 0 atom stereocenters. The summed E-state index contributed by atoms with van der Waals surface area (Å²) in [6.45, 7) is 3.74. The largest absolute Gasteiger partial charge is 0.307 e. The second-order valence-electron chi connectivity index (χ2n) is 4.33. The zero-order valence-electron chi connectivity index (χ0n) is 10.8. The number of benzene rings is 2. The highest BCUT2D eigenvalue weighted by Crippen LogP contribution is 2.46. The number of aryl methyl sites for hydroxylation is 2. The molecule has 96 valence electrons. The van der Waals surface area contributed by atoms with Crippen molar-refractivity contribution >= 4 is 17.9 Å². The minimum atomic E-state index is -3.29. The van der Waals surface area contributed by atoms with E-state index in [2.05, 4.69) is 9.80 Å². The van der Waals surface area contributed by atoms with Crippen LogP contribution in [0.1, 0.15) is 11.1 Å². The van der Waals surface area contributed by atoms with Gasteiger partial charge in [-0.1, -0.05) is 48.5 Å². The molecule has 2 aromatic carbocycles. The highest BCUT2D eigenvalue weighted by molar-refractivity contribution is 7.77. The van der Waals surface area contributed by atoms with E-state index >= 15 is 0 Å². The molecule has 0 radical (unpaired) electrons. The molecule has 0 N–H and O–H groups in total. The van der Waals surface area contributed by atoms with Crippen LogP contribution in [0.3, 0.4) is 0 Å². The SMILES string of the molecule is Cc1ccccc1P(=O)(N=[N+]=[N-])c1ccccc1C. The van der Waals surface area contributed by atoms with Gasteiger partial charge in [0.2, 0.25) is 7.29 Å². The van der Waals surface area contributed by atoms with Crippen LogP contribution in [0.25, 0.3) is 10.4 Å². The molecule has 0 fully saturated rings. The van der Waals surface area contributed by atoms with E-state index in [0.29, 0.717) is 10.6 Å². The molecule has 0 saturated carbocycles. The predicted octanol–water partition coefficient (Wildman–Crippen LogP) is 3.84. The molecule has 0 amide bonds. The van der Waals surface area contributed by atoms with Crippen LogP contribution in [0, 0.1) is 13.8 Å². The molecule has 0 bridgehead atoms. The fourth-order valence-electron chi connectivity index (χ4n) is 2.09. The Balaban J connectivity index is 2.77. The zero-order chi connectivity index (χ0) is 13.9. The molecule has 0 aliphatic rings. The van der Waals surface area contributed by atoms with Crippen LogP contribution in [0.4, 0.5) is 0 Å². The fraction of sp³-hybridized carbons (Fsp3) is 0.143. The lowest BCUT2D eigenvalue weighted by Crippen LogP contribution is -2.18. The second-order valence-corrected chi connectivity index (χ2v) is 6.62. The Labute approximate surface area is 112 Å². The molecule has 0 aromatic heterocycles. The summed E-state index contributed by atoms with van der Waals surface area (Å²) in [5.41, 5.74) is 10.5. The Hall–Kier alpha value is -2.02. The lowest BCUT2D eigenvalue weighted by molar-refractivity contribution is 0.587. The Morgan fingerprint density at radius 2 is 1.37 bits per heavy atom. The monoisotopic (exact) mass is 271 g/mol. The minimum Gasteiger partial charge on any atom is -0.307 e. The Kier molecular flexibility index (Phi) is 3.75. The van der Waals surface area contributed by atoms with Gasteiger partial charge in [-0.05, 0) is 35.4 Å². The van der Waals surface area contributed by atoms with Crippen molar-refractivity contribution in [2.45, 2.75) is 13.8 Å². The van der Waals surface area contributed by atoms with Crippen LogP contribution in [0.15, 0.2) is 53.4 Å². The first-order chi connectivity index (χ1) is 9.09. The number of azide groups is 1. The van der Waals surface area contributed by atoms with Crippen molar-refractivity contribution in [3.05, 3.63) is 70.1 Å². The van der Waals surface area contributed by atoms with Crippen LogP contribution in [-0.2, 0) is 4.57 Å². The molecule has 4 nitrogen and oxygen atoms in total. The van der Waals surface area contributed by atoms with Crippen molar-refractivity contribution in [3.63, 3.8) is 0 Å². The molecule has 0 spiro atoms. The molecule has 0 saturated heterocycles. The quantitative estimate of drug-likeness (QED) is 0.362. The van der Waals surface area contributed by atoms with Gasteiger partial charge < -0.3 is 4.57 Å². The van der Waals surface area contributed by atoms with Gasteiger partial charge in [0.25, 0.3) is 0 Å². The molecule has 0 unspecified atom stereocenters. The molecule has 2 rings (SSSR count). The minimum absolute atomic E-state index is 0.599. The molecule has 0 aliphatic carbocycles. The predicted molar refractivity (Wildman–Crippen MR) is 78.4 cm³/mol. The summed E-state index contributed by atoms with van der Waals surface area (Å²) < 4.78 is 13.2. The van der Waals surface area contributed by atoms with E-state index in [1.165, 1.54) is 0 Å². The van der Waals surface area contributed by atoms with E-state index in [4.69, 9.17) is 5.53 Å². The summed E-state index contributed by atoms with van der Waals surface area (Å²) in [6, 6.07) is 14.6. The maximum atomic E-state index is 13.2. The van der Waals surface area contributed by atoms with Crippen molar-refractivity contribution in [1.29, 1.82) is 0 Å². The second kappa shape index (κ2) is 5.31. The summed E-state index contributed by atoms with van der Waals surface area (Å²) in [6.07, 6.45) is 0. The third kappa shape index (κ3) is 2.41. The average Bonchev–Trinajstić information content (AvgIpc) is 2.39. The average molecular weight is 271 g/mol. The van der Waals surface area contributed by atoms with Crippen LogP contribution < -0.4 is 10.6 Å².